The minimum absolute atomic E-state index is 0.0446. The zero-order valence-electron chi connectivity index (χ0n) is 12.4. The van der Waals surface area contributed by atoms with Gasteiger partial charge in [-0.2, -0.15) is 0 Å². The highest BCUT2D eigenvalue weighted by Crippen LogP contribution is 2.19. The van der Waals surface area contributed by atoms with E-state index in [0.29, 0.717) is 19.0 Å². The molecule has 6 heteroatoms. The lowest BCUT2D eigenvalue weighted by molar-refractivity contribution is 0.0275. The second-order valence-corrected chi connectivity index (χ2v) is 5.95. The fourth-order valence-electron chi connectivity index (χ4n) is 1.98. The Hall–Kier alpha value is -1.85. The predicted molar refractivity (Wildman–Crippen MR) is 73.6 cm³/mol. The number of rotatable bonds is 2. The summed E-state index contributed by atoms with van der Waals surface area (Å²) in [5.41, 5.74) is 0.386. The van der Waals surface area contributed by atoms with Crippen molar-refractivity contribution in [2.24, 2.45) is 0 Å². The van der Waals surface area contributed by atoms with Crippen molar-refractivity contribution in [1.29, 1.82) is 0 Å². The van der Waals surface area contributed by atoms with Crippen molar-refractivity contribution < 1.29 is 14.3 Å². The molecule has 0 bridgehead atoms. The highest BCUT2D eigenvalue weighted by atomic mass is 16.6. The van der Waals surface area contributed by atoms with Gasteiger partial charge in [0.1, 0.15) is 18.0 Å². The SMILES string of the molecule is Cc1cc(OC2CCN(C(=O)OC(C)(C)C)C2)ncn1. The number of carbonyl (C=O) groups excluding carboxylic acids is 1. The third-order valence-electron chi connectivity index (χ3n) is 2.86. The van der Waals surface area contributed by atoms with Crippen LogP contribution in [0.4, 0.5) is 4.79 Å². The van der Waals surface area contributed by atoms with E-state index in [-0.39, 0.29) is 12.2 Å². The molecular formula is C14H21N3O3. The van der Waals surface area contributed by atoms with E-state index in [1.807, 2.05) is 27.7 Å². The summed E-state index contributed by atoms with van der Waals surface area (Å²) in [5, 5.41) is 0. The number of ether oxygens (including phenoxy) is 2. The lowest BCUT2D eigenvalue weighted by Crippen LogP contribution is -2.36. The van der Waals surface area contributed by atoms with Gasteiger partial charge in [-0.05, 0) is 27.7 Å². The lowest BCUT2D eigenvalue weighted by Gasteiger charge is -2.24. The third-order valence-corrected chi connectivity index (χ3v) is 2.86. The van der Waals surface area contributed by atoms with Crippen molar-refractivity contribution in [3.05, 3.63) is 18.1 Å². The molecule has 0 N–H and O–H groups in total. The average Bonchev–Trinajstić information content (AvgIpc) is 2.75. The number of aromatic nitrogens is 2. The van der Waals surface area contributed by atoms with E-state index in [1.165, 1.54) is 6.33 Å². The molecule has 0 radical (unpaired) electrons. The number of amides is 1. The van der Waals surface area contributed by atoms with Gasteiger partial charge in [-0.3, -0.25) is 0 Å². The first-order valence-electron chi connectivity index (χ1n) is 6.77. The molecule has 2 heterocycles. The smallest absolute Gasteiger partial charge is 0.410 e. The second kappa shape index (κ2) is 5.64. The molecule has 0 spiro atoms. The molecule has 1 fully saturated rings. The van der Waals surface area contributed by atoms with Crippen molar-refractivity contribution in [3.63, 3.8) is 0 Å². The Labute approximate surface area is 119 Å². The first-order valence-corrected chi connectivity index (χ1v) is 6.77. The molecule has 1 unspecified atom stereocenters. The van der Waals surface area contributed by atoms with Crippen LogP contribution in [0.3, 0.4) is 0 Å². The predicted octanol–water partition coefficient (Wildman–Crippen LogP) is 2.17. The summed E-state index contributed by atoms with van der Waals surface area (Å²) >= 11 is 0. The van der Waals surface area contributed by atoms with Gasteiger partial charge < -0.3 is 14.4 Å². The number of nitrogens with zero attached hydrogens (tertiary/aromatic N) is 3. The monoisotopic (exact) mass is 279 g/mol. The Balaban J connectivity index is 1.88. The van der Waals surface area contributed by atoms with Crippen LogP contribution in [0, 0.1) is 6.92 Å². The first kappa shape index (κ1) is 14.6. The zero-order valence-corrected chi connectivity index (χ0v) is 12.4. The van der Waals surface area contributed by atoms with Gasteiger partial charge in [-0.25, -0.2) is 14.8 Å². The molecule has 20 heavy (non-hydrogen) atoms. The molecule has 2 rings (SSSR count). The minimum Gasteiger partial charge on any atom is -0.472 e. The molecule has 1 atom stereocenters. The van der Waals surface area contributed by atoms with E-state index in [4.69, 9.17) is 9.47 Å². The van der Waals surface area contributed by atoms with Gasteiger partial charge in [0.05, 0.1) is 6.54 Å². The molecule has 1 aromatic rings. The number of aryl methyl sites for hydroxylation is 1. The fraction of sp³-hybridized carbons (Fsp3) is 0.643. The summed E-state index contributed by atoms with van der Waals surface area (Å²) < 4.78 is 11.1. The maximum atomic E-state index is 11.9. The molecule has 6 nitrogen and oxygen atoms in total. The highest BCUT2D eigenvalue weighted by molar-refractivity contribution is 5.68. The second-order valence-electron chi connectivity index (χ2n) is 5.95. The molecule has 1 aromatic heterocycles. The number of likely N-dealkylation sites (tertiary alicyclic amines) is 1. The fourth-order valence-corrected chi connectivity index (χ4v) is 1.98. The van der Waals surface area contributed by atoms with Crippen LogP contribution < -0.4 is 4.74 Å². The Morgan fingerprint density at radius 2 is 2.15 bits per heavy atom. The molecule has 1 saturated heterocycles. The molecule has 0 aromatic carbocycles. The van der Waals surface area contributed by atoms with Gasteiger partial charge in [-0.1, -0.05) is 0 Å². The summed E-state index contributed by atoms with van der Waals surface area (Å²) in [7, 11) is 0. The largest absolute Gasteiger partial charge is 0.472 e. The van der Waals surface area contributed by atoms with E-state index < -0.39 is 5.60 Å². The van der Waals surface area contributed by atoms with Crippen LogP contribution >= 0.6 is 0 Å². The standard InChI is InChI=1S/C14H21N3O3/c1-10-7-12(16-9-15-10)19-11-5-6-17(8-11)13(18)20-14(2,3)4/h7,9,11H,5-6,8H2,1-4H3. The van der Waals surface area contributed by atoms with Crippen LogP contribution in [-0.2, 0) is 4.74 Å². The quantitative estimate of drug-likeness (QED) is 0.830. The van der Waals surface area contributed by atoms with Crippen LogP contribution in [0.5, 0.6) is 5.88 Å². The summed E-state index contributed by atoms with van der Waals surface area (Å²) in [6.07, 6.45) is 1.92. The summed E-state index contributed by atoms with van der Waals surface area (Å²) in [5.74, 6) is 0.550. The Kier molecular flexibility index (Phi) is 4.11. The Morgan fingerprint density at radius 3 is 2.80 bits per heavy atom. The number of carbonyl (C=O) groups is 1. The third kappa shape index (κ3) is 4.08. The van der Waals surface area contributed by atoms with E-state index in [1.54, 1.807) is 11.0 Å². The van der Waals surface area contributed by atoms with E-state index in [9.17, 15) is 4.79 Å². The van der Waals surface area contributed by atoms with Gasteiger partial charge >= 0.3 is 6.09 Å². The minimum atomic E-state index is -0.472. The molecule has 0 aliphatic carbocycles. The van der Waals surface area contributed by atoms with Crippen LogP contribution in [0.15, 0.2) is 12.4 Å². The van der Waals surface area contributed by atoms with Crippen LogP contribution in [0.1, 0.15) is 32.9 Å². The van der Waals surface area contributed by atoms with Crippen LogP contribution in [0.25, 0.3) is 0 Å². The van der Waals surface area contributed by atoms with Crippen molar-refractivity contribution in [1.82, 2.24) is 14.9 Å². The van der Waals surface area contributed by atoms with Gasteiger partial charge in [0, 0.05) is 24.7 Å². The summed E-state index contributed by atoms with van der Waals surface area (Å²) in [6.45, 7) is 8.63. The Bertz CT molecular complexity index is 485. The molecule has 1 aliphatic heterocycles. The van der Waals surface area contributed by atoms with Crippen molar-refractivity contribution in [3.8, 4) is 5.88 Å². The van der Waals surface area contributed by atoms with Crippen molar-refractivity contribution in [2.45, 2.75) is 45.8 Å². The summed E-state index contributed by atoms with van der Waals surface area (Å²) in [6, 6.07) is 1.79. The van der Waals surface area contributed by atoms with Gasteiger partial charge in [0.25, 0.3) is 0 Å². The highest BCUT2D eigenvalue weighted by Gasteiger charge is 2.31. The molecule has 1 amide bonds. The van der Waals surface area contributed by atoms with Gasteiger partial charge in [-0.15, -0.1) is 0 Å². The Morgan fingerprint density at radius 1 is 1.40 bits per heavy atom. The van der Waals surface area contributed by atoms with E-state index in [2.05, 4.69) is 9.97 Å². The first-order chi connectivity index (χ1) is 9.33. The summed E-state index contributed by atoms with van der Waals surface area (Å²) in [4.78, 5) is 21.7. The molecule has 0 saturated carbocycles. The van der Waals surface area contributed by atoms with Crippen LogP contribution in [-0.4, -0.2) is 45.8 Å². The molecule has 110 valence electrons. The lowest BCUT2D eigenvalue weighted by atomic mass is 10.2. The van der Waals surface area contributed by atoms with E-state index >= 15 is 0 Å². The van der Waals surface area contributed by atoms with Crippen molar-refractivity contribution in [2.75, 3.05) is 13.1 Å². The maximum absolute atomic E-state index is 11.9. The van der Waals surface area contributed by atoms with Crippen LogP contribution in [0.2, 0.25) is 0 Å². The molecular weight excluding hydrogens is 258 g/mol. The number of hydrogen-bond acceptors (Lipinski definition) is 5. The topological polar surface area (TPSA) is 64.5 Å². The van der Waals surface area contributed by atoms with Gasteiger partial charge in [0.2, 0.25) is 5.88 Å². The maximum Gasteiger partial charge on any atom is 0.410 e. The van der Waals surface area contributed by atoms with Crippen molar-refractivity contribution >= 4 is 6.09 Å². The average molecular weight is 279 g/mol. The molecule has 1 aliphatic rings. The zero-order chi connectivity index (χ0) is 14.8. The normalized spacial score (nSPS) is 19.0. The number of hydrogen-bond donors (Lipinski definition) is 0. The van der Waals surface area contributed by atoms with E-state index in [0.717, 1.165) is 12.1 Å². The van der Waals surface area contributed by atoms with Gasteiger partial charge in [0.15, 0.2) is 0 Å².